The summed E-state index contributed by atoms with van der Waals surface area (Å²) in [5.41, 5.74) is 1.08. The largest absolute Gasteiger partial charge is 0.462 e. The van der Waals surface area contributed by atoms with Crippen LogP contribution in [0.3, 0.4) is 0 Å². The van der Waals surface area contributed by atoms with Gasteiger partial charge in [0, 0.05) is 13.0 Å². The molecule has 1 heterocycles. The van der Waals surface area contributed by atoms with Crippen LogP contribution in [-0.2, 0) is 20.9 Å². The summed E-state index contributed by atoms with van der Waals surface area (Å²) in [6.07, 6.45) is 6.22. The van der Waals surface area contributed by atoms with Crippen molar-refractivity contribution in [3.8, 4) is 0 Å². The molecule has 1 aliphatic rings. The number of esters is 1. The van der Waals surface area contributed by atoms with Gasteiger partial charge in [0.05, 0.1) is 5.92 Å². The minimum absolute atomic E-state index is 0.0414. The number of rotatable bonds is 9. The lowest BCUT2D eigenvalue weighted by Gasteiger charge is -2.11. The van der Waals surface area contributed by atoms with Crippen molar-refractivity contribution in [1.82, 2.24) is 10.6 Å². The lowest BCUT2D eigenvalue weighted by molar-refractivity contribution is -0.145. The fourth-order valence-electron chi connectivity index (χ4n) is 3.09. The van der Waals surface area contributed by atoms with E-state index in [2.05, 4.69) is 17.6 Å². The number of hydrogen-bond acceptors (Lipinski definition) is 4. The quantitative estimate of drug-likeness (QED) is 0.392. The molecule has 1 amide bonds. The predicted molar refractivity (Wildman–Crippen MR) is 105 cm³/mol. The van der Waals surface area contributed by atoms with E-state index < -0.39 is 0 Å². The normalized spacial score (nSPS) is 19.0. The maximum atomic E-state index is 12.1. The Balaban J connectivity index is 1.66. The van der Waals surface area contributed by atoms with Crippen molar-refractivity contribution in [2.24, 2.45) is 5.92 Å². The summed E-state index contributed by atoms with van der Waals surface area (Å²) in [6.45, 7) is 2.72. The van der Waals surface area contributed by atoms with Crippen LogP contribution in [0, 0.1) is 5.92 Å². The molecule has 0 aliphatic carbocycles. The summed E-state index contributed by atoms with van der Waals surface area (Å²) >= 11 is 5.15. The molecule has 26 heavy (non-hydrogen) atoms. The van der Waals surface area contributed by atoms with Gasteiger partial charge in [0.2, 0.25) is 5.91 Å². The van der Waals surface area contributed by atoms with Crippen molar-refractivity contribution >= 4 is 29.2 Å². The van der Waals surface area contributed by atoms with Gasteiger partial charge in [-0.25, -0.2) is 0 Å². The number of hydrogen-bond donors (Lipinski definition) is 2. The molecule has 1 fully saturated rings. The third-order valence-corrected chi connectivity index (χ3v) is 4.77. The summed E-state index contributed by atoms with van der Waals surface area (Å²) in [6, 6.07) is 9.80. The molecule has 0 saturated carbocycles. The van der Waals surface area contributed by atoms with Gasteiger partial charge in [-0.3, -0.25) is 9.59 Å². The molecule has 0 bridgehead atoms. The molecular formula is C20H28N2O3S. The van der Waals surface area contributed by atoms with Crippen molar-refractivity contribution < 1.29 is 14.3 Å². The SMILES string of the molecule is CCCCCC[C@H]1C[C@@H](CC(=O)NC(=S)NCc2ccccc2)C(=O)O1. The van der Waals surface area contributed by atoms with Gasteiger partial charge in [0.1, 0.15) is 6.10 Å². The highest BCUT2D eigenvalue weighted by atomic mass is 32.1. The highest BCUT2D eigenvalue weighted by Crippen LogP contribution is 2.27. The van der Waals surface area contributed by atoms with E-state index in [1.807, 2.05) is 30.3 Å². The standard InChI is InChI=1S/C20H28N2O3S/c1-2-3-4-8-11-17-12-16(19(24)25-17)13-18(23)22-20(26)21-14-15-9-6-5-7-10-15/h5-7,9-10,16-17H,2-4,8,11-14H2,1H3,(H2,21,22,23,26)/t16-,17-/m0/s1. The smallest absolute Gasteiger partial charge is 0.309 e. The van der Waals surface area contributed by atoms with Crippen LogP contribution in [0.5, 0.6) is 0 Å². The summed E-state index contributed by atoms with van der Waals surface area (Å²) < 4.78 is 5.40. The van der Waals surface area contributed by atoms with Crippen molar-refractivity contribution in [2.45, 2.75) is 64.5 Å². The molecule has 2 atom stereocenters. The van der Waals surface area contributed by atoms with Crippen LogP contribution in [0.25, 0.3) is 0 Å². The van der Waals surface area contributed by atoms with E-state index in [1.54, 1.807) is 0 Å². The number of nitrogens with one attached hydrogen (secondary N) is 2. The zero-order chi connectivity index (χ0) is 18.8. The molecule has 1 aliphatic heterocycles. The lowest BCUT2D eigenvalue weighted by Crippen LogP contribution is -2.39. The Kier molecular flexibility index (Phi) is 8.54. The van der Waals surface area contributed by atoms with Gasteiger partial charge < -0.3 is 15.4 Å². The highest BCUT2D eigenvalue weighted by molar-refractivity contribution is 7.80. The van der Waals surface area contributed by atoms with Crippen LogP contribution in [0.2, 0.25) is 0 Å². The monoisotopic (exact) mass is 376 g/mol. The highest BCUT2D eigenvalue weighted by Gasteiger charge is 2.35. The number of carbonyl (C=O) groups excluding carboxylic acids is 2. The zero-order valence-corrected chi connectivity index (χ0v) is 16.1. The number of carbonyl (C=O) groups is 2. The van der Waals surface area contributed by atoms with Crippen LogP contribution in [0.4, 0.5) is 0 Å². The second-order valence-electron chi connectivity index (χ2n) is 6.76. The van der Waals surface area contributed by atoms with Crippen LogP contribution >= 0.6 is 12.2 Å². The van der Waals surface area contributed by atoms with E-state index in [4.69, 9.17) is 17.0 Å². The van der Waals surface area contributed by atoms with Gasteiger partial charge in [0.25, 0.3) is 0 Å². The van der Waals surface area contributed by atoms with Crippen molar-refractivity contribution in [3.05, 3.63) is 35.9 Å². The first kappa shape index (κ1) is 20.4. The average molecular weight is 377 g/mol. The first-order valence-electron chi connectivity index (χ1n) is 9.40. The second kappa shape index (κ2) is 10.9. The predicted octanol–water partition coefficient (Wildman–Crippen LogP) is 3.47. The van der Waals surface area contributed by atoms with Gasteiger partial charge in [-0.1, -0.05) is 56.5 Å². The van der Waals surface area contributed by atoms with Crippen molar-refractivity contribution in [1.29, 1.82) is 0 Å². The molecule has 1 saturated heterocycles. The van der Waals surface area contributed by atoms with E-state index in [-0.39, 0.29) is 35.4 Å². The Morgan fingerprint density at radius 2 is 2.00 bits per heavy atom. The molecular weight excluding hydrogens is 348 g/mol. The third kappa shape index (κ3) is 7.12. The lowest BCUT2D eigenvalue weighted by atomic mass is 9.98. The Morgan fingerprint density at radius 3 is 2.73 bits per heavy atom. The Bertz CT molecular complexity index is 606. The Hall–Kier alpha value is -1.95. The van der Waals surface area contributed by atoms with Crippen LogP contribution in [-0.4, -0.2) is 23.1 Å². The van der Waals surface area contributed by atoms with Gasteiger partial charge in [0.15, 0.2) is 5.11 Å². The summed E-state index contributed by atoms with van der Waals surface area (Å²) in [7, 11) is 0. The molecule has 142 valence electrons. The van der Waals surface area contributed by atoms with E-state index in [0.29, 0.717) is 13.0 Å². The van der Waals surface area contributed by atoms with Crippen LogP contribution in [0.1, 0.15) is 57.4 Å². The molecule has 5 nitrogen and oxygen atoms in total. The van der Waals surface area contributed by atoms with E-state index in [0.717, 1.165) is 24.8 Å². The van der Waals surface area contributed by atoms with Gasteiger partial charge in [-0.2, -0.15) is 0 Å². The summed E-state index contributed by atoms with van der Waals surface area (Å²) in [5.74, 6) is -0.865. The Labute approximate surface area is 160 Å². The average Bonchev–Trinajstić information content (AvgIpc) is 2.97. The molecule has 0 radical (unpaired) electrons. The summed E-state index contributed by atoms with van der Waals surface area (Å²) in [5, 5.41) is 5.92. The van der Waals surface area contributed by atoms with E-state index >= 15 is 0 Å². The second-order valence-corrected chi connectivity index (χ2v) is 7.17. The maximum absolute atomic E-state index is 12.1. The van der Waals surface area contributed by atoms with Crippen LogP contribution in [0.15, 0.2) is 30.3 Å². The fourth-order valence-corrected chi connectivity index (χ4v) is 3.27. The first-order chi connectivity index (χ1) is 12.6. The van der Waals surface area contributed by atoms with Crippen molar-refractivity contribution in [3.63, 3.8) is 0 Å². The number of ether oxygens (including phenoxy) is 1. The number of thiocarbonyl (C=S) groups is 1. The van der Waals surface area contributed by atoms with Crippen LogP contribution < -0.4 is 10.6 Å². The third-order valence-electron chi connectivity index (χ3n) is 4.52. The van der Waals surface area contributed by atoms with Gasteiger partial charge >= 0.3 is 5.97 Å². The van der Waals surface area contributed by atoms with Gasteiger partial charge in [-0.05, 0) is 37.0 Å². The topological polar surface area (TPSA) is 67.4 Å². The molecule has 0 spiro atoms. The molecule has 0 unspecified atom stereocenters. The Morgan fingerprint density at radius 1 is 1.23 bits per heavy atom. The molecule has 1 aromatic rings. The zero-order valence-electron chi connectivity index (χ0n) is 15.3. The maximum Gasteiger partial charge on any atom is 0.309 e. The fraction of sp³-hybridized carbons (Fsp3) is 0.550. The minimum atomic E-state index is -0.358. The molecule has 2 N–H and O–H groups in total. The number of unbranched alkanes of at least 4 members (excludes halogenated alkanes) is 3. The molecule has 6 heteroatoms. The first-order valence-corrected chi connectivity index (χ1v) is 9.81. The summed E-state index contributed by atoms with van der Waals surface area (Å²) in [4.78, 5) is 24.1. The van der Waals surface area contributed by atoms with Crippen molar-refractivity contribution in [2.75, 3.05) is 0 Å². The molecule has 1 aromatic carbocycles. The minimum Gasteiger partial charge on any atom is -0.462 e. The number of amides is 1. The van der Waals surface area contributed by atoms with E-state index in [1.165, 1.54) is 12.8 Å². The van der Waals surface area contributed by atoms with Gasteiger partial charge in [-0.15, -0.1) is 0 Å². The molecule has 2 rings (SSSR count). The molecule has 0 aromatic heterocycles. The number of cyclic esters (lactones) is 1. The van der Waals surface area contributed by atoms with E-state index in [9.17, 15) is 9.59 Å². The number of benzene rings is 1.